The van der Waals surface area contributed by atoms with E-state index in [2.05, 4.69) is 44.2 Å². The van der Waals surface area contributed by atoms with Gasteiger partial charge >= 0.3 is 0 Å². The minimum absolute atomic E-state index is 0.0174. The molecule has 0 spiro atoms. The van der Waals surface area contributed by atoms with Crippen molar-refractivity contribution in [1.29, 1.82) is 0 Å². The fourth-order valence-corrected chi connectivity index (χ4v) is 2.56. The monoisotopic (exact) mass is 362 g/mol. The topological polar surface area (TPSA) is 86.9 Å². The van der Waals surface area contributed by atoms with E-state index in [-0.39, 0.29) is 6.61 Å². The maximum absolute atomic E-state index is 9.20. The summed E-state index contributed by atoms with van der Waals surface area (Å²) in [6.07, 6.45) is 3.43. The standard InChI is InChI=1S/C20H22N6O/c1-15-4-3-5-16(12-15)14-22-25-19-13-18(17-6-8-21-9-7-17)23-20(24-19)26(2)10-11-27/h3-9,12-13,27H,10-11,14H2,1-2H3. The number of azo groups is 1. The van der Waals surface area contributed by atoms with Crippen LogP contribution in [0.1, 0.15) is 11.1 Å². The molecule has 3 aromatic rings. The van der Waals surface area contributed by atoms with Crippen LogP contribution in [0.2, 0.25) is 0 Å². The van der Waals surface area contributed by atoms with Crippen molar-refractivity contribution in [3.8, 4) is 11.3 Å². The van der Waals surface area contributed by atoms with Crippen molar-refractivity contribution in [1.82, 2.24) is 15.0 Å². The quantitative estimate of drug-likeness (QED) is 0.649. The second kappa shape index (κ2) is 8.95. The van der Waals surface area contributed by atoms with Gasteiger partial charge in [-0.15, -0.1) is 5.11 Å². The van der Waals surface area contributed by atoms with E-state index in [1.807, 2.05) is 31.3 Å². The van der Waals surface area contributed by atoms with Crippen molar-refractivity contribution in [3.05, 3.63) is 66.0 Å². The molecule has 138 valence electrons. The van der Waals surface area contributed by atoms with E-state index in [1.54, 1.807) is 23.4 Å². The second-order valence-electron chi connectivity index (χ2n) is 6.18. The number of hydrogen-bond acceptors (Lipinski definition) is 7. The van der Waals surface area contributed by atoms with E-state index in [1.165, 1.54) is 5.56 Å². The summed E-state index contributed by atoms with van der Waals surface area (Å²) < 4.78 is 0. The Kier molecular flexibility index (Phi) is 6.17. The van der Waals surface area contributed by atoms with Crippen LogP contribution in [0.25, 0.3) is 11.3 Å². The van der Waals surface area contributed by atoms with E-state index in [4.69, 9.17) is 0 Å². The van der Waals surface area contributed by atoms with Gasteiger partial charge in [0.1, 0.15) is 0 Å². The van der Waals surface area contributed by atoms with Gasteiger partial charge in [0.15, 0.2) is 5.82 Å². The molecule has 0 atom stereocenters. The summed E-state index contributed by atoms with van der Waals surface area (Å²) in [7, 11) is 1.83. The van der Waals surface area contributed by atoms with Crippen molar-refractivity contribution >= 4 is 11.8 Å². The Bertz CT molecular complexity index is 913. The van der Waals surface area contributed by atoms with Crippen molar-refractivity contribution < 1.29 is 5.11 Å². The lowest BCUT2D eigenvalue weighted by atomic mass is 10.1. The molecule has 1 N–H and O–H groups in total. The number of benzene rings is 1. The van der Waals surface area contributed by atoms with Gasteiger partial charge in [-0.3, -0.25) is 4.98 Å². The number of hydrogen-bond donors (Lipinski definition) is 1. The van der Waals surface area contributed by atoms with Crippen LogP contribution < -0.4 is 4.90 Å². The molecule has 27 heavy (non-hydrogen) atoms. The van der Waals surface area contributed by atoms with Gasteiger partial charge in [0.2, 0.25) is 5.95 Å². The molecule has 0 saturated carbocycles. The molecule has 0 aliphatic rings. The van der Waals surface area contributed by atoms with E-state index in [9.17, 15) is 5.11 Å². The second-order valence-corrected chi connectivity index (χ2v) is 6.18. The number of aryl methyl sites for hydroxylation is 1. The average molecular weight is 362 g/mol. The van der Waals surface area contributed by atoms with Gasteiger partial charge in [-0.1, -0.05) is 29.8 Å². The predicted octanol–water partition coefficient (Wildman–Crippen LogP) is 3.56. The Labute approximate surface area is 158 Å². The molecule has 1 aromatic carbocycles. The normalized spacial score (nSPS) is 11.1. The van der Waals surface area contributed by atoms with Crippen LogP contribution in [0, 0.1) is 6.92 Å². The first-order chi connectivity index (χ1) is 13.2. The zero-order valence-electron chi connectivity index (χ0n) is 15.4. The first-order valence-electron chi connectivity index (χ1n) is 8.70. The fraction of sp³-hybridized carbons (Fsp3) is 0.250. The fourth-order valence-electron chi connectivity index (χ4n) is 2.56. The highest BCUT2D eigenvalue weighted by atomic mass is 16.3. The van der Waals surface area contributed by atoms with Crippen molar-refractivity contribution in [3.63, 3.8) is 0 Å². The molecule has 0 amide bonds. The van der Waals surface area contributed by atoms with Crippen molar-refractivity contribution in [2.75, 3.05) is 25.1 Å². The molecule has 7 nitrogen and oxygen atoms in total. The molecule has 0 bridgehead atoms. The van der Waals surface area contributed by atoms with E-state index >= 15 is 0 Å². The Balaban J connectivity index is 1.88. The Morgan fingerprint density at radius 2 is 1.89 bits per heavy atom. The number of aliphatic hydroxyl groups excluding tert-OH is 1. The predicted molar refractivity (Wildman–Crippen MR) is 105 cm³/mol. The molecule has 0 unspecified atom stereocenters. The number of pyridine rings is 1. The van der Waals surface area contributed by atoms with Crippen LogP contribution in [0.5, 0.6) is 0 Å². The molecule has 7 heteroatoms. The molecular formula is C20H22N6O. The lowest BCUT2D eigenvalue weighted by Gasteiger charge is -2.16. The smallest absolute Gasteiger partial charge is 0.227 e. The largest absolute Gasteiger partial charge is 0.395 e. The first-order valence-corrected chi connectivity index (χ1v) is 8.70. The number of anilines is 1. The summed E-state index contributed by atoms with van der Waals surface area (Å²) in [5.74, 6) is 0.965. The number of aromatic nitrogens is 3. The first kappa shape index (κ1) is 18.6. The van der Waals surface area contributed by atoms with Crippen LogP contribution in [0.15, 0.2) is 65.1 Å². The maximum Gasteiger partial charge on any atom is 0.227 e. The van der Waals surface area contributed by atoms with Crippen LogP contribution in [0.3, 0.4) is 0 Å². The minimum Gasteiger partial charge on any atom is -0.395 e. The third-order valence-corrected chi connectivity index (χ3v) is 3.96. The van der Waals surface area contributed by atoms with Gasteiger partial charge in [0.05, 0.1) is 18.8 Å². The number of nitrogens with zero attached hydrogens (tertiary/aromatic N) is 6. The molecule has 3 rings (SSSR count). The van der Waals surface area contributed by atoms with Gasteiger partial charge < -0.3 is 10.0 Å². The van der Waals surface area contributed by atoms with Gasteiger partial charge in [0.25, 0.3) is 0 Å². The molecule has 0 aliphatic carbocycles. The lowest BCUT2D eigenvalue weighted by Crippen LogP contribution is -2.23. The summed E-state index contributed by atoms with van der Waals surface area (Å²) in [5, 5.41) is 17.8. The SMILES string of the molecule is Cc1cccc(CN=Nc2cc(-c3ccncc3)nc(N(C)CCO)n2)c1. The molecule has 0 saturated heterocycles. The van der Waals surface area contributed by atoms with Gasteiger partial charge in [-0.25, -0.2) is 4.98 Å². The number of likely N-dealkylation sites (N-methyl/N-ethyl adjacent to an activating group) is 1. The zero-order valence-corrected chi connectivity index (χ0v) is 15.4. The molecule has 0 fully saturated rings. The van der Waals surface area contributed by atoms with Gasteiger partial charge in [-0.2, -0.15) is 10.1 Å². The maximum atomic E-state index is 9.20. The lowest BCUT2D eigenvalue weighted by molar-refractivity contribution is 0.303. The summed E-state index contributed by atoms with van der Waals surface area (Å²) in [6.45, 7) is 2.98. The Morgan fingerprint density at radius 1 is 1.07 bits per heavy atom. The summed E-state index contributed by atoms with van der Waals surface area (Å²) in [4.78, 5) is 14.9. The minimum atomic E-state index is 0.0174. The van der Waals surface area contributed by atoms with Crippen LogP contribution in [0.4, 0.5) is 11.8 Å². The average Bonchev–Trinajstić information content (AvgIpc) is 2.69. The van der Waals surface area contributed by atoms with E-state index in [0.29, 0.717) is 24.9 Å². The van der Waals surface area contributed by atoms with Crippen molar-refractivity contribution in [2.24, 2.45) is 10.2 Å². The molecule has 2 aromatic heterocycles. The Morgan fingerprint density at radius 3 is 2.63 bits per heavy atom. The zero-order chi connectivity index (χ0) is 19.1. The van der Waals surface area contributed by atoms with Crippen LogP contribution in [-0.4, -0.2) is 40.3 Å². The van der Waals surface area contributed by atoms with Crippen molar-refractivity contribution in [2.45, 2.75) is 13.5 Å². The highest BCUT2D eigenvalue weighted by Gasteiger charge is 2.10. The molecule has 2 heterocycles. The summed E-state index contributed by atoms with van der Waals surface area (Å²) in [6, 6.07) is 13.7. The van der Waals surface area contributed by atoms with Crippen LogP contribution >= 0.6 is 0 Å². The van der Waals surface area contributed by atoms with E-state index in [0.717, 1.165) is 16.8 Å². The number of aliphatic hydroxyl groups is 1. The van der Waals surface area contributed by atoms with Gasteiger partial charge in [0, 0.05) is 37.6 Å². The highest BCUT2D eigenvalue weighted by molar-refractivity contribution is 5.63. The van der Waals surface area contributed by atoms with Gasteiger partial charge in [-0.05, 0) is 24.6 Å². The highest BCUT2D eigenvalue weighted by Crippen LogP contribution is 2.24. The Hall–Kier alpha value is -3.19. The van der Waals surface area contributed by atoms with E-state index < -0.39 is 0 Å². The van der Waals surface area contributed by atoms with Crippen LogP contribution in [-0.2, 0) is 6.54 Å². The third-order valence-electron chi connectivity index (χ3n) is 3.96. The summed E-state index contributed by atoms with van der Waals surface area (Å²) >= 11 is 0. The molecule has 0 radical (unpaired) electrons. The molecule has 0 aliphatic heterocycles. The molecular weight excluding hydrogens is 340 g/mol. The number of rotatable bonds is 7. The summed E-state index contributed by atoms with van der Waals surface area (Å²) in [5.41, 5.74) is 3.94. The third kappa shape index (κ3) is 5.15.